The fraction of sp³-hybridized carbons (Fsp3) is 0.583. The topological polar surface area (TPSA) is 68.1 Å². The standard InChI is InChI=1S/C12H17N3O2/c1-8-3-5-11(9(8)2)14-12-6-4-10(7-13-12)15(16)17/h4,6-9,11H,3,5H2,1-2H3,(H,13,14). The van der Waals surface area contributed by atoms with Gasteiger partial charge in [0, 0.05) is 12.1 Å². The van der Waals surface area contributed by atoms with Gasteiger partial charge in [0.25, 0.3) is 5.69 Å². The van der Waals surface area contributed by atoms with Crippen LogP contribution in [-0.4, -0.2) is 15.9 Å². The molecule has 3 atom stereocenters. The molecule has 1 fully saturated rings. The van der Waals surface area contributed by atoms with Crippen molar-refractivity contribution in [3.63, 3.8) is 0 Å². The molecular formula is C12H17N3O2. The zero-order valence-electron chi connectivity index (χ0n) is 10.1. The first-order valence-corrected chi connectivity index (χ1v) is 5.95. The maximum atomic E-state index is 10.5. The Bertz CT molecular complexity index is 405. The summed E-state index contributed by atoms with van der Waals surface area (Å²) >= 11 is 0. The number of nitrogens with one attached hydrogen (secondary N) is 1. The van der Waals surface area contributed by atoms with Crippen LogP contribution in [0.3, 0.4) is 0 Å². The summed E-state index contributed by atoms with van der Waals surface area (Å²) < 4.78 is 0. The van der Waals surface area contributed by atoms with Crippen molar-refractivity contribution >= 4 is 11.5 Å². The highest BCUT2D eigenvalue weighted by molar-refractivity contribution is 5.41. The molecule has 5 heteroatoms. The third-order valence-corrected chi connectivity index (χ3v) is 3.76. The van der Waals surface area contributed by atoms with Crippen LogP contribution in [0, 0.1) is 22.0 Å². The van der Waals surface area contributed by atoms with Crippen molar-refractivity contribution in [2.75, 3.05) is 5.32 Å². The van der Waals surface area contributed by atoms with Crippen LogP contribution < -0.4 is 5.32 Å². The van der Waals surface area contributed by atoms with E-state index in [9.17, 15) is 10.1 Å². The van der Waals surface area contributed by atoms with Gasteiger partial charge in [-0.05, 0) is 30.7 Å². The largest absolute Gasteiger partial charge is 0.367 e. The van der Waals surface area contributed by atoms with Crippen LogP contribution in [0.5, 0.6) is 0 Å². The van der Waals surface area contributed by atoms with Gasteiger partial charge in [0.2, 0.25) is 0 Å². The van der Waals surface area contributed by atoms with Gasteiger partial charge in [0.05, 0.1) is 4.92 Å². The normalized spacial score (nSPS) is 28.0. The van der Waals surface area contributed by atoms with Crippen molar-refractivity contribution in [2.24, 2.45) is 11.8 Å². The third kappa shape index (κ3) is 2.54. The predicted molar refractivity (Wildman–Crippen MR) is 65.9 cm³/mol. The summed E-state index contributed by atoms with van der Waals surface area (Å²) in [7, 11) is 0. The SMILES string of the molecule is CC1CCC(Nc2ccc([N+](=O)[O-])cn2)C1C. The zero-order chi connectivity index (χ0) is 12.4. The smallest absolute Gasteiger partial charge is 0.287 e. The summed E-state index contributed by atoms with van der Waals surface area (Å²) in [5.41, 5.74) is 0.0309. The van der Waals surface area contributed by atoms with Gasteiger partial charge < -0.3 is 5.32 Å². The van der Waals surface area contributed by atoms with Crippen molar-refractivity contribution in [3.8, 4) is 0 Å². The third-order valence-electron chi connectivity index (χ3n) is 3.76. The lowest BCUT2D eigenvalue weighted by molar-refractivity contribution is -0.385. The molecule has 0 radical (unpaired) electrons. The molecule has 0 bridgehead atoms. The van der Waals surface area contributed by atoms with Gasteiger partial charge >= 0.3 is 0 Å². The Labute approximate surface area is 100 Å². The summed E-state index contributed by atoms with van der Waals surface area (Å²) in [5, 5.41) is 13.9. The molecule has 1 aliphatic rings. The average molecular weight is 235 g/mol. The number of nitro groups is 1. The number of hydrogen-bond acceptors (Lipinski definition) is 4. The molecule has 0 spiro atoms. The minimum atomic E-state index is -0.433. The van der Waals surface area contributed by atoms with Crippen molar-refractivity contribution in [3.05, 3.63) is 28.4 Å². The lowest BCUT2D eigenvalue weighted by atomic mass is 9.98. The monoisotopic (exact) mass is 235 g/mol. The Hall–Kier alpha value is -1.65. The van der Waals surface area contributed by atoms with E-state index >= 15 is 0 Å². The highest BCUT2D eigenvalue weighted by Gasteiger charge is 2.29. The van der Waals surface area contributed by atoms with Crippen molar-refractivity contribution in [1.82, 2.24) is 4.98 Å². The number of anilines is 1. The number of nitrogens with zero attached hydrogens (tertiary/aromatic N) is 2. The van der Waals surface area contributed by atoms with E-state index in [2.05, 4.69) is 24.1 Å². The summed E-state index contributed by atoms with van der Waals surface area (Å²) in [6.45, 7) is 4.50. The number of hydrogen-bond donors (Lipinski definition) is 1. The van der Waals surface area contributed by atoms with Crippen LogP contribution >= 0.6 is 0 Å². The van der Waals surface area contributed by atoms with E-state index in [4.69, 9.17) is 0 Å². The summed E-state index contributed by atoms with van der Waals surface area (Å²) in [6.07, 6.45) is 3.66. The van der Waals surface area contributed by atoms with E-state index in [1.54, 1.807) is 6.07 Å². The first-order valence-electron chi connectivity index (χ1n) is 5.95. The minimum absolute atomic E-state index is 0.0309. The van der Waals surface area contributed by atoms with Gasteiger partial charge in [-0.2, -0.15) is 0 Å². The molecule has 1 saturated carbocycles. The molecule has 0 amide bonds. The van der Waals surface area contributed by atoms with Crippen LogP contribution in [0.1, 0.15) is 26.7 Å². The van der Waals surface area contributed by atoms with Gasteiger partial charge in [0.1, 0.15) is 12.0 Å². The van der Waals surface area contributed by atoms with Crippen molar-refractivity contribution < 1.29 is 4.92 Å². The summed E-state index contributed by atoms with van der Waals surface area (Å²) in [5.74, 6) is 2.07. The molecule has 1 aromatic heterocycles. The lowest BCUT2D eigenvalue weighted by Crippen LogP contribution is -2.24. The molecule has 0 saturated heterocycles. The average Bonchev–Trinajstić information content (AvgIpc) is 2.62. The Morgan fingerprint density at radius 3 is 2.65 bits per heavy atom. The quantitative estimate of drug-likeness (QED) is 0.646. The minimum Gasteiger partial charge on any atom is -0.367 e. The second kappa shape index (κ2) is 4.69. The van der Waals surface area contributed by atoms with Crippen LogP contribution in [0.25, 0.3) is 0 Å². The Morgan fingerprint density at radius 2 is 2.18 bits per heavy atom. The molecule has 0 aromatic carbocycles. The van der Waals surface area contributed by atoms with Crippen LogP contribution in [-0.2, 0) is 0 Å². The first kappa shape index (κ1) is 11.8. The zero-order valence-corrected chi connectivity index (χ0v) is 10.1. The second-order valence-electron chi connectivity index (χ2n) is 4.82. The molecule has 1 aromatic rings. The number of rotatable bonds is 3. The highest BCUT2D eigenvalue weighted by Crippen LogP contribution is 2.32. The highest BCUT2D eigenvalue weighted by atomic mass is 16.6. The summed E-state index contributed by atoms with van der Waals surface area (Å²) in [6, 6.07) is 3.59. The molecule has 5 nitrogen and oxygen atoms in total. The van der Waals surface area contributed by atoms with Gasteiger partial charge in [-0.1, -0.05) is 13.8 Å². The number of pyridine rings is 1. The molecule has 0 aliphatic heterocycles. The Morgan fingerprint density at radius 1 is 1.41 bits per heavy atom. The predicted octanol–water partition coefficient (Wildman–Crippen LogP) is 2.84. The van der Waals surface area contributed by atoms with E-state index in [0.717, 1.165) is 18.2 Å². The first-order chi connectivity index (χ1) is 8.08. The molecule has 2 rings (SSSR count). The van der Waals surface area contributed by atoms with E-state index in [-0.39, 0.29) is 5.69 Å². The van der Waals surface area contributed by atoms with Gasteiger partial charge in [-0.25, -0.2) is 4.98 Å². The molecular weight excluding hydrogens is 218 g/mol. The van der Waals surface area contributed by atoms with Crippen LogP contribution in [0.15, 0.2) is 18.3 Å². The van der Waals surface area contributed by atoms with E-state index < -0.39 is 4.92 Å². The molecule has 1 N–H and O–H groups in total. The second-order valence-corrected chi connectivity index (χ2v) is 4.82. The van der Waals surface area contributed by atoms with Crippen molar-refractivity contribution in [1.29, 1.82) is 0 Å². The van der Waals surface area contributed by atoms with Crippen LogP contribution in [0.2, 0.25) is 0 Å². The molecule has 17 heavy (non-hydrogen) atoms. The molecule has 3 unspecified atom stereocenters. The fourth-order valence-electron chi connectivity index (χ4n) is 2.34. The molecule has 92 valence electrons. The summed E-state index contributed by atoms with van der Waals surface area (Å²) in [4.78, 5) is 14.1. The van der Waals surface area contributed by atoms with Gasteiger partial charge in [-0.3, -0.25) is 10.1 Å². The van der Waals surface area contributed by atoms with E-state index in [1.807, 2.05) is 0 Å². The fourth-order valence-corrected chi connectivity index (χ4v) is 2.34. The van der Waals surface area contributed by atoms with Gasteiger partial charge in [0.15, 0.2) is 0 Å². The van der Waals surface area contributed by atoms with Crippen LogP contribution in [0.4, 0.5) is 11.5 Å². The van der Waals surface area contributed by atoms with E-state index in [0.29, 0.717) is 12.0 Å². The Kier molecular flexibility index (Phi) is 3.26. The lowest BCUT2D eigenvalue weighted by Gasteiger charge is -2.19. The van der Waals surface area contributed by atoms with Gasteiger partial charge in [-0.15, -0.1) is 0 Å². The van der Waals surface area contributed by atoms with E-state index in [1.165, 1.54) is 18.7 Å². The maximum Gasteiger partial charge on any atom is 0.287 e. The molecule has 1 heterocycles. The number of aromatic nitrogens is 1. The Balaban J connectivity index is 2.02. The molecule has 1 aliphatic carbocycles. The van der Waals surface area contributed by atoms with Crippen molar-refractivity contribution in [2.45, 2.75) is 32.7 Å². The maximum absolute atomic E-state index is 10.5.